The Labute approximate surface area is 131 Å². The van der Waals surface area contributed by atoms with E-state index >= 15 is 0 Å². The number of anilines is 2. The molecule has 0 amide bonds. The van der Waals surface area contributed by atoms with E-state index < -0.39 is 0 Å². The minimum Gasteiger partial charge on any atom is -0.378 e. The molecule has 1 aliphatic rings. The van der Waals surface area contributed by atoms with E-state index in [1.54, 1.807) is 10.9 Å². The molecule has 1 aliphatic heterocycles. The molecule has 0 unspecified atom stereocenters. The van der Waals surface area contributed by atoms with E-state index in [0.29, 0.717) is 6.54 Å². The monoisotopic (exact) mass is 301 g/mol. The summed E-state index contributed by atoms with van der Waals surface area (Å²) in [6.07, 6.45) is 2.28. The Balaban J connectivity index is 1.76. The molecule has 0 spiro atoms. The zero-order valence-corrected chi connectivity index (χ0v) is 13.4. The third-order valence-corrected chi connectivity index (χ3v) is 3.93. The lowest BCUT2D eigenvalue weighted by atomic mass is 10.1. The van der Waals surface area contributed by atoms with Crippen molar-refractivity contribution in [2.24, 2.45) is 7.05 Å². The van der Waals surface area contributed by atoms with Gasteiger partial charge in [-0.1, -0.05) is 17.3 Å². The second kappa shape index (κ2) is 6.36. The summed E-state index contributed by atoms with van der Waals surface area (Å²) in [5, 5.41) is 11.4. The van der Waals surface area contributed by atoms with E-state index in [1.165, 1.54) is 5.69 Å². The molecule has 6 nitrogen and oxygen atoms in total. The number of rotatable bonds is 4. The lowest BCUT2D eigenvalue weighted by Gasteiger charge is -2.37. The van der Waals surface area contributed by atoms with Crippen LogP contribution in [0.4, 0.5) is 11.4 Å². The minimum atomic E-state index is 0.248. The van der Waals surface area contributed by atoms with Crippen LogP contribution in [0.1, 0.15) is 19.5 Å². The van der Waals surface area contributed by atoms with Crippen molar-refractivity contribution in [3.63, 3.8) is 0 Å². The zero-order valence-electron chi connectivity index (χ0n) is 13.4. The molecular formula is C16H23N5O. The SMILES string of the molecule is C[C@@H]1CN(c2ccccc2NCc2cnnn2C)C[C@H](C)O1. The van der Waals surface area contributed by atoms with Gasteiger partial charge in [-0.3, -0.25) is 4.68 Å². The molecular weight excluding hydrogens is 278 g/mol. The normalized spacial score (nSPS) is 21.9. The predicted molar refractivity (Wildman–Crippen MR) is 87.0 cm³/mol. The van der Waals surface area contributed by atoms with Crippen LogP contribution in [-0.4, -0.2) is 40.3 Å². The van der Waals surface area contributed by atoms with Gasteiger partial charge in [0.1, 0.15) is 0 Å². The molecule has 2 heterocycles. The van der Waals surface area contributed by atoms with Crippen LogP contribution in [0.15, 0.2) is 30.5 Å². The molecule has 2 aromatic rings. The Morgan fingerprint density at radius 3 is 2.64 bits per heavy atom. The highest BCUT2D eigenvalue weighted by Gasteiger charge is 2.23. The Hall–Kier alpha value is -2.08. The van der Waals surface area contributed by atoms with Crippen molar-refractivity contribution >= 4 is 11.4 Å². The highest BCUT2D eigenvalue weighted by Crippen LogP contribution is 2.28. The van der Waals surface area contributed by atoms with E-state index in [0.717, 1.165) is 24.5 Å². The smallest absolute Gasteiger partial charge is 0.0774 e. The van der Waals surface area contributed by atoms with Gasteiger partial charge in [-0.25, -0.2) is 0 Å². The standard InChI is InChI=1S/C16H23N5O/c1-12-10-21(11-13(2)22-12)16-7-5-4-6-15(16)17-8-14-9-18-19-20(14)3/h4-7,9,12-13,17H,8,10-11H2,1-3H3/t12-,13+. The maximum absolute atomic E-state index is 5.83. The van der Waals surface area contributed by atoms with Crippen LogP contribution in [0.2, 0.25) is 0 Å². The van der Waals surface area contributed by atoms with Crippen molar-refractivity contribution in [2.75, 3.05) is 23.3 Å². The van der Waals surface area contributed by atoms with Crippen molar-refractivity contribution < 1.29 is 4.74 Å². The first-order valence-electron chi connectivity index (χ1n) is 7.70. The molecule has 1 N–H and O–H groups in total. The molecule has 2 atom stereocenters. The predicted octanol–water partition coefficient (Wildman–Crippen LogP) is 2.04. The van der Waals surface area contributed by atoms with Crippen LogP contribution < -0.4 is 10.2 Å². The van der Waals surface area contributed by atoms with Crippen LogP contribution in [0.5, 0.6) is 0 Å². The van der Waals surface area contributed by atoms with Crippen LogP contribution in [0, 0.1) is 0 Å². The number of hydrogen-bond acceptors (Lipinski definition) is 5. The topological polar surface area (TPSA) is 55.2 Å². The van der Waals surface area contributed by atoms with Gasteiger partial charge in [0.15, 0.2) is 0 Å². The van der Waals surface area contributed by atoms with E-state index in [-0.39, 0.29) is 12.2 Å². The number of hydrogen-bond donors (Lipinski definition) is 1. The van der Waals surface area contributed by atoms with Gasteiger partial charge >= 0.3 is 0 Å². The summed E-state index contributed by atoms with van der Waals surface area (Å²) in [5.41, 5.74) is 3.41. The third kappa shape index (κ3) is 3.22. The molecule has 118 valence electrons. The molecule has 0 radical (unpaired) electrons. The molecule has 0 bridgehead atoms. The van der Waals surface area contributed by atoms with Crippen LogP contribution in [-0.2, 0) is 18.3 Å². The number of aryl methyl sites for hydroxylation is 1. The number of morpholine rings is 1. The summed E-state index contributed by atoms with van der Waals surface area (Å²) in [7, 11) is 1.90. The Morgan fingerprint density at radius 2 is 1.95 bits per heavy atom. The van der Waals surface area contributed by atoms with Crippen molar-refractivity contribution in [1.29, 1.82) is 0 Å². The number of ether oxygens (including phenoxy) is 1. The van der Waals surface area contributed by atoms with E-state index in [1.807, 2.05) is 7.05 Å². The van der Waals surface area contributed by atoms with Gasteiger partial charge in [-0.2, -0.15) is 0 Å². The van der Waals surface area contributed by atoms with E-state index in [9.17, 15) is 0 Å². The maximum atomic E-state index is 5.83. The molecule has 1 aromatic heterocycles. The largest absolute Gasteiger partial charge is 0.378 e. The Morgan fingerprint density at radius 1 is 1.23 bits per heavy atom. The summed E-state index contributed by atoms with van der Waals surface area (Å²) >= 11 is 0. The number of para-hydroxylation sites is 2. The quantitative estimate of drug-likeness (QED) is 0.936. The Kier molecular flexibility index (Phi) is 4.29. The zero-order chi connectivity index (χ0) is 15.5. The van der Waals surface area contributed by atoms with Gasteiger partial charge < -0.3 is 15.0 Å². The van der Waals surface area contributed by atoms with Crippen molar-refractivity contribution in [3.8, 4) is 0 Å². The van der Waals surface area contributed by atoms with Gasteiger partial charge in [0, 0.05) is 20.1 Å². The van der Waals surface area contributed by atoms with Crippen molar-refractivity contribution in [1.82, 2.24) is 15.0 Å². The first-order valence-corrected chi connectivity index (χ1v) is 7.70. The molecule has 1 aromatic carbocycles. The summed E-state index contributed by atoms with van der Waals surface area (Å²) < 4.78 is 7.62. The maximum Gasteiger partial charge on any atom is 0.0774 e. The second-order valence-electron chi connectivity index (χ2n) is 5.88. The third-order valence-electron chi connectivity index (χ3n) is 3.93. The summed E-state index contributed by atoms with van der Waals surface area (Å²) in [4.78, 5) is 2.39. The van der Waals surface area contributed by atoms with Crippen LogP contribution in [0.3, 0.4) is 0 Å². The number of aromatic nitrogens is 3. The van der Waals surface area contributed by atoms with Crippen molar-refractivity contribution in [2.45, 2.75) is 32.6 Å². The molecule has 3 rings (SSSR count). The van der Waals surface area contributed by atoms with Crippen molar-refractivity contribution in [3.05, 3.63) is 36.2 Å². The fourth-order valence-electron chi connectivity index (χ4n) is 2.93. The number of nitrogens with one attached hydrogen (secondary N) is 1. The summed E-state index contributed by atoms with van der Waals surface area (Å²) in [6.45, 7) is 6.78. The minimum absolute atomic E-state index is 0.248. The van der Waals surface area contributed by atoms with Gasteiger partial charge in [0.25, 0.3) is 0 Å². The molecule has 0 saturated carbocycles. The van der Waals surface area contributed by atoms with E-state index in [2.05, 4.69) is 58.6 Å². The lowest BCUT2D eigenvalue weighted by Crippen LogP contribution is -2.45. The molecule has 6 heteroatoms. The van der Waals surface area contributed by atoms with Gasteiger partial charge in [-0.05, 0) is 26.0 Å². The molecule has 22 heavy (non-hydrogen) atoms. The molecule has 1 fully saturated rings. The first-order chi connectivity index (χ1) is 10.6. The first kappa shape index (κ1) is 14.8. The fraction of sp³-hybridized carbons (Fsp3) is 0.500. The van der Waals surface area contributed by atoms with Gasteiger partial charge in [0.2, 0.25) is 0 Å². The average molecular weight is 301 g/mol. The second-order valence-corrected chi connectivity index (χ2v) is 5.88. The summed E-state index contributed by atoms with van der Waals surface area (Å²) in [5.74, 6) is 0. The van der Waals surface area contributed by atoms with Gasteiger partial charge in [-0.15, -0.1) is 5.10 Å². The lowest BCUT2D eigenvalue weighted by molar-refractivity contribution is -0.00517. The van der Waals surface area contributed by atoms with E-state index in [4.69, 9.17) is 4.74 Å². The highest BCUT2D eigenvalue weighted by atomic mass is 16.5. The van der Waals surface area contributed by atoms with Gasteiger partial charge in [0.05, 0.1) is 42.0 Å². The highest BCUT2D eigenvalue weighted by molar-refractivity contribution is 5.70. The molecule has 0 aliphatic carbocycles. The fourth-order valence-corrected chi connectivity index (χ4v) is 2.93. The van der Waals surface area contributed by atoms with Crippen LogP contribution in [0.25, 0.3) is 0 Å². The number of benzene rings is 1. The number of nitrogens with zero attached hydrogens (tertiary/aromatic N) is 4. The van der Waals surface area contributed by atoms with Crippen LogP contribution >= 0.6 is 0 Å². The molecule has 1 saturated heterocycles. The Bertz CT molecular complexity index is 617. The summed E-state index contributed by atoms with van der Waals surface area (Å²) in [6, 6.07) is 8.41. The average Bonchev–Trinajstić information content (AvgIpc) is 2.90.